The van der Waals surface area contributed by atoms with Crippen LogP contribution < -0.4 is 22.1 Å². The van der Waals surface area contributed by atoms with Crippen LogP contribution in [0.1, 0.15) is 23.1 Å². The van der Waals surface area contributed by atoms with E-state index >= 15 is 0 Å². The molecule has 1 saturated heterocycles. The summed E-state index contributed by atoms with van der Waals surface area (Å²) in [6.45, 7) is 0.119. The first-order valence-electron chi connectivity index (χ1n) is 14.1. The van der Waals surface area contributed by atoms with Crippen molar-refractivity contribution in [3.63, 3.8) is 0 Å². The largest absolute Gasteiger partial charge is 0.508 e. The van der Waals surface area contributed by atoms with Crippen molar-refractivity contribution < 1.29 is 29.4 Å². The summed E-state index contributed by atoms with van der Waals surface area (Å²) in [5.74, 6) is -2.81. The highest BCUT2D eigenvalue weighted by molar-refractivity contribution is 8.93. The van der Waals surface area contributed by atoms with Crippen LogP contribution >= 0.6 is 34.0 Å². The van der Waals surface area contributed by atoms with Crippen molar-refractivity contribution in [3.8, 4) is 5.75 Å². The maximum Gasteiger partial charge on any atom is 0.326 e. The van der Waals surface area contributed by atoms with Gasteiger partial charge >= 0.3 is 5.97 Å². The molecule has 8 N–H and O–H groups in total. The van der Waals surface area contributed by atoms with Gasteiger partial charge in [-0.1, -0.05) is 72.8 Å². The number of phenolic OH excluding ortho intramolecular Hbond substituents is 1. The van der Waals surface area contributed by atoms with E-state index in [9.17, 15) is 29.4 Å². The first-order chi connectivity index (χ1) is 20.6. The average molecular weight is 750 g/mol. The molecule has 0 unspecified atom stereocenters. The number of halogens is 2. The lowest BCUT2D eigenvalue weighted by molar-refractivity contribution is -0.143. The number of hydrogen-bond donors (Lipinski definition) is 6. The number of nitrogens with one attached hydrogen (secondary N) is 2. The minimum absolute atomic E-state index is 0. The molecule has 0 saturated carbocycles. The van der Waals surface area contributed by atoms with Gasteiger partial charge < -0.3 is 37.2 Å². The number of nitrogens with zero attached hydrogens (tertiary/aromatic N) is 1. The van der Waals surface area contributed by atoms with E-state index in [2.05, 4.69) is 10.6 Å². The number of carbonyl (C=O) groups excluding carboxylic acids is 3. The molecule has 0 bridgehead atoms. The number of aromatic hydroxyl groups is 1. The standard InChI is InChI=1S/C32H37N5O6.2BrH/c33-23-18-28(37(19-23)31(41)25(34)15-22-11-13-24(38)14-12-22)30(40)35-26(16-20-7-3-1-4-8-20)29(39)36-27(32(42)43)17-21-9-5-2-6-10-21;;/h1-14,23,25-28,38H,15-19,33-34H2,(H,35,40)(H,36,39)(H,42,43);2*1H/t23-,25-,26-,27-,28-;;/m0../s1. The molecule has 3 aromatic rings. The van der Waals surface area contributed by atoms with Gasteiger partial charge in [-0.25, -0.2) is 4.79 Å². The number of carboxylic acids is 1. The second-order valence-corrected chi connectivity index (χ2v) is 10.8. The maximum atomic E-state index is 13.6. The molecule has 1 fully saturated rings. The molecule has 3 amide bonds. The van der Waals surface area contributed by atoms with Gasteiger partial charge in [-0.05, 0) is 41.7 Å². The third-order valence-corrected chi connectivity index (χ3v) is 7.44. The summed E-state index contributed by atoms with van der Waals surface area (Å²) in [6.07, 6.45) is 0.529. The lowest BCUT2D eigenvalue weighted by Crippen LogP contribution is -2.57. The van der Waals surface area contributed by atoms with Gasteiger partial charge in [-0.3, -0.25) is 14.4 Å². The van der Waals surface area contributed by atoms with Crippen LogP contribution in [-0.2, 0) is 38.4 Å². The van der Waals surface area contributed by atoms with Crippen LogP contribution in [0.2, 0.25) is 0 Å². The zero-order chi connectivity index (χ0) is 30.9. The van der Waals surface area contributed by atoms with E-state index in [1.54, 1.807) is 60.7 Å². The Balaban J connectivity index is 0.00000353. The average Bonchev–Trinajstić information content (AvgIpc) is 3.39. The van der Waals surface area contributed by atoms with E-state index in [1.807, 2.05) is 12.1 Å². The molecule has 1 heterocycles. The van der Waals surface area contributed by atoms with Gasteiger partial charge in [0.25, 0.3) is 0 Å². The van der Waals surface area contributed by atoms with Gasteiger partial charge in [0.2, 0.25) is 17.7 Å². The quantitative estimate of drug-likeness (QED) is 0.162. The minimum Gasteiger partial charge on any atom is -0.508 e. The van der Waals surface area contributed by atoms with Gasteiger partial charge in [-0.2, -0.15) is 0 Å². The number of phenols is 1. The second-order valence-electron chi connectivity index (χ2n) is 10.8. The molecule has 11 nitrogen and oxygen atoms in total. The Hall–Kier alpha value is -3.78. The normalized spacial score (nSPS) is 17.5. The number of likely N-dealkylation sites (tertiary alicyclic amines) is 1. The summed E-state index contributed by atoms with van der Waals surface area (Å²) in [5, 5.41) is 24.7. The summed E-state index contributed by atoms with van der Waals surface area (Å²) in [7, 11) is 0. The van der Waals surface area contributed by atoms with E-state index in [0.717, 1.165) is 16.7 Å². The van der Waals surface area contributed by atoms with Crippen LogP contribution in [0.4, 0.5) is 0 Å². The third-order valence-electron chi connectivity index (χ3n) is 7.44. The smallest absolute Gasteiger partial charge is 0.326 e. The highest BCUT2D eigenvalue weighted by Crippen LogP contribution is 2.20. The zero-order valence-corrected chi connectivity index (χ0v) is 27.9. The van der Waals surface area contributed by atoms with Gasteiger partial charge in [0.15, 0.2) is 0 Å². The lowest BCUT2D eigenvalue weighted by atomic mass is 10.0. The summed E-state index contributed by atoms with van der Waals surface area (Å²) in [5.41, 5.74) is 14.6. The van der Waals surface area contributed by atoms with E-state index < -0.39 is 53.9 Å². The summed E-state index contributed by atoms with van der Waals surface area (Å²) >= 11 is 0. The minimum atomic E-state index is -1.22. The van der Waals surface area contributed by atoms with Crippen LogP contribution in [-0.4, -0.2) is 75.6 Å². The molecular weight excluding hydrogens is 710 g/mol. The zero-order valence-electron chi connectivity index (χ0n) is 24.5. The highest BCUT2D eigenvalue weighted by atomic mass is 79.9. The van der Waals surface area contributed by atoms with E-state index in [4.69, 9.17) is 11.5 Å². The van der Waals surface area contributed by atoms with Gasteiger partial charge in [0.1, 0.15) is 23.9 Å². The number of amides is 3. The Morgan fingerprint density at radius 3 is 1.82 bits per heavy atom. The second kappa shape index (κ2) is 17.6. The van der Waals surface area contributed by atoms with Gasteiger partial charge in [-0.15, -0.1) is 34.0 Å². The van der Waals surface area contributed by atoms with Gasteiger partial charge in [0, 0.05) is 25.4 Å². The molecule has 242 valence electrons. The van der Waals surface area contributed by atoms with E-state index in [1.165, 1.54) is 17.0 Å². The number of rotatable bonds is 12. The fourth-order valence-corrected chi connectivity index (χ4v) is 5.20. The first-order valence-corrected chi connectivity index (χ1v) is 14.1. The Morgan fingerprint density at radius 1 is 0.778 bits per heavy atom. The predicted octanol–water partition coefficient (Wildman–Crippen LogP) is 1.89. The molecule has 0 spiro atoms. The Morgan fingerprint density at radius 2 is 1.29 bits per heavy atom. The van der Waals surface area contributed by atoms with E-state index in [-0.39, 0.29) is 71.9 Å². The Bertz CT molecular complexity index is 1410. The number of nitrogens with two attached hydrogens (primary N) is 2. The number of benzene rings is 3. The Labute approximate surface area is 282 Å². The molecule has 0 aliphatic carbocycles. The van der Waals surface area contributed by atoms with Crippen molar-refractivity contribution in [2.24, 2.45) is 11.5 Å². The van der Waals surface area contributed by atoms with Crippen LogP contribution in [0.15, 0.2) is 84.9 Å². The van der Waals surface area contributed by atoms with Crippen molar-refractivity contribution in [1.29, 1.82) is 0 Å². The fourth-order valence-electron chi connectivity index (χ4n) is 5.20. The van der Waals surface area contributed by atoms with Gasteiger partial charge in [0.05, 0.1) is 6.04 Å². The summed E-state index contributed by atoms with van der Waals surface area (Å²) < 4.78 is 0. The summed E-state index contributed by atoms with van der Waals surface area (Å²) in [6, 6.07) is 19.5. The lowest BCUT2D eigenvalue weighted by Gasteiger charge is -2.28. The highest BCUT2D eigenvalue weighted by Gasteiger charge is 2.41. The van der Waals surface area contributed by atoms with Crippen molar-refractivity contribution in [1.82, 2.24) is 15.5 Å². The number of carbonyl (C=O) groups is 4. The number of hydrogen-bond acceptors (Lipinski definition) is 7. The van der Waals surface area contributed by atoms with Crippen molar-refractivity contribution in [3.05, 3.63) is 102 Å². The van der Waals surface area contributed by atoms with Crippen LogP contribution in [0.5, 0.6) is 5.75 Å². The molecule has 3 aromatic carbocycles. The molecular formula is C32H39Br2N5O6. The monoisotopic (exact) mass is 747 g/mol. The molecule has 5 atom stereocenters. The van der Waals surface area contributed by atoms with Crippen molar-refractivity contribution in [2.45, 2.75) is 55.9 Å². The topological polar surface area (TPSA) is 188 Å². The fraction of sp³-hybridized carbons (Fsp3) is 0.312. The molecule has 0 aromatic heterocycles. The van der Waals surface area contributed by atoms with Crippen LogP contribution in [0, 0.1) is 0 Å². The number of aliphatic carboxylic acids is 1. The number of carboxylic acid groups (broad SMARTS) is 1. The molecule has 0 radical (unpaired) electrons. The molecule has 13 heteroatoms. The molecule has 45 heavy (non-hydrogen) atoms. The van der Waals surface area contributed by atoms with E-state index in [0.29, 0.717) is 0 Å². The van der Waals surface area contributed by atoms with Crippen LogP contribution in [0.25, 0.3) is 0 Å². The van der Waals surface area contributed by atoms with Crippen molar-refractivity contribution in [2.75, 3.05) is 6.54 Å². The third kappa shape index (κ3) is 10.7. The molecule has 1 aliphatic rings. The molecule has 1 aliphatic heterocycles. The summed E-state index contributed by atoms with van der Waals surface area (Å²) in [4.78, 5) is 53.8. The van der Waals surface area contributed by atoms with Crippen molar-refractivity contribution >= 4 is 57.7 Å². The van der Waals surface area contributed by atoms with Crippen LogP contribution in [0.3, 0.4) is 0 Å². The predicted molar refractivity (Wildman–Crippen MR) is 180 cm³/mol. The first kappa shape index (κ1) is 37.4. The Kier molecular flexibility index (Phi) is 14.7. The maximum absolute atomic E-state index is 13.6. The SMILES string of the molecule is Br.Br.N[C@H]1C[C@@H](C(=O)N[C@@H](Cc2ccccc2)C(=O)N[C@@H](Cc2ccccc2)C(=O)O)N(C(=O)[C@@H](N)Cc2ccc(O)cc2)C1. The molecule has 4 rings (SSSR count).